The van der Waals surface area contributed by atoms with Crippen molar-refractivity contribution in [2.75, 3.05) is 23.4 Å². The monoisotopic (exact) mass is 487 g/mol. The molecule has 2 aliphatic rings. The van der Waals surface area contributed by atoms with Crippen LogP contribution in [-0.2, 0) is 6.54 Å². The number of hydrogen-bond acceptors (Lipinski definition) is 5. The van der Waals surface area contributed by atoms with Crippen molar-refractivity contribution in [3.05, 3.63) is 82.4 Å². The molecule has 0 amide bonds. The second-order valence-electron chi connectivity index (χ2n) is 9.46. The number of nitrogens with one attached hydrogen (secondary N) is 1. The lowest BCUT2D eigenvalue weighted by atomic mass is 9.80. The standard InChI is InChI=1S/C27H26FN5OS/c1-18-4-2-3-5-22(18)33-23(34)11-10-21(30-33)24-25(19-6-8-20(28)9-7-19)31-32-17-27(16-29-26(24)32)12-14-35-15-13-27/h2-11,29H,12-17H2,1H3. The van der Waals surface area contributed by atoms with E-state index in [-0.39, 0.29) is 16.8 Å². The van der Waals surface area contributed by atoms with Gasteiger partial charge in [-0.15, -0.1) is 0 Å². The third-order valence-corrected chi connectivity index (χ3v) is 8.13. The maximum absolute atomic E-state index is 13.7. The molecule has 4 aromatic rings. The van der Waals surface area contributed by atoms with Crippen molar-refractivity contribution in [3.8, 4) is 28.2 Å². The maximum atomic E-state index is 13.7. The van der Waals surface area contributed by atoms with E-state index in [1.165, 1.54) is 28.3 Å². The fraction of sp³-hybridized carbons (Fsp3) is 0.296. The van der Waals surface area contributed by atoms with Gasteiger partial charge in [-0.1, -0.05) is 18.2 Å². The predicted molar refractivity (Wildman–Crippen MR) is 139 cm³/mol. The fourth-order valence-corrected chi connectivity index (χ4v) is 6.47. The Bertz CT molecular complexity index is 1450. The molecule has 35 heavy (non-hydrogen) atoms. The molecular formula is C27H26FN5OS. The molecule has 8 heteroatoms. The Labute approximate surface area is 207 Å². The summed E-state index contributed by atoms with van der Waals surface area (Å²) < 4.78 is 17.2. The second kappa shape index (κ2) is 8.68. The highest BCUT2D eigenvalue weighted by Crippen LogP contribution is 2.44. The van der Waals surface area contributed by atoms with E-state index >= 15 is 0 Å². The highest BCUT2D eigenvalue weighted by atomic mass is 32.2. The zero-order chi connectivity index (χ0) is 24.0. The molecule has 0 atom stereocenters. The van der Waals surface area contributed by atoms with Gasteiger partial charge >= 0.3 is 0 Å². The van der Waals surface area contributed by atoms with Crippen LogP contribution in [0, 0.1) is 18.2 Å². The van der Waals surface area contributed by atoms with Crippen molar-refractivity contribution in [2.45, 2.75) is 26.3 Å². The summed E-state index contributed by atoms with van der Waals surface area (Å²) in [7, 11) is 0. The van der Waals surface area contributed by atoms with Gasteiger partial charge in [0.15, 0.2) is 0 Å². The summed E-state index contributed by atoms with van der Waals surface area (Å²) in [5.41, 5.74) is 4.73. The topological polar surface area (TPSA) is 64.7 Å². The Kier molecular flexibility index (Phi) is 5.48. The molecule has 6 nitrogen and oxygen atoms in total. The van der Waals surface area contributed by atoms with Gasteiger partial charge in [-0.2, -0.15) is 26.6 Å². The number of aryl methyl sites for hydroxylation is 1. The summed E-state index contributed by atoms with van der Waals surface area (Å²) in [6.45, 7) is 3.68. The van der Waals surface area contributed by atoms with Crippen LogP contribution in [0.4, 0.5) is 10.2 Å². The van der Waals surface area contributed by atoms with Crippen LogP contribution < -0.4 is 10.9 Å². The molecule has 2 aliphatic heterocycles. The first-order chi connectivity index (χ1) is 17.0. The van der Waals surface area contributed by atoms with Crippen LogP contribution in [0.3, 0.4) is 0 Å². The summed E-state index contributed by atoms with van der Waals surface area (Å²) in [6.07, 6.45) is 2.31. The van der Waals surface area contributed by atoms with E-state index in [1.54, 1.807) is 24.3 Å². The largest absolute Gasteiger partial charge is 0.369 e. The van der Waals surface area contributed by atoms with Gasteiger partial charge in [-0.25, -0.2) is 9.07 Å². The van der Waals surface area contributed by atoms with Crippen LogP contribution in [-0.4, -0.2) is 37.6 Å². The summed E-state index contributed by atoms with van der Waals surface area (Å²) in [5, 5.41) is 13.5. The van der Waals surface area contributed by atoms with Crippen molar-refractivity contribution in [3.63, 3.8) is 0 Å². The first kappa shape index (κ1) is 22.1. The number of fused-ring (bicyclic) bond motifs is 1. The van der Waals surface area contributed by atoms with Gasteiger partial charge in [0.25, 0.3) is 5.56 Å². The van der Waals surface area contributed by atoms with Gasteiger partial charge in [-0.05, 0) is 73.2 Å². The highest BCUT2D eigenvalue weighted by Gasteiger charge is 2.38. The number of nitrogens with zero attached hydrogens (tertiary/aromatic N) is 4. The lowest BCUT2D eigenvalue weighted by Crippen LogP contribution is -2.42. The van der Waals surface area contributed by atoms with Gasteiger partial charge < -0.3 is 5.32 Å². The number of aromatic nitrogens is 4. The van der Waals surface area contributed by atoms with Crippen molar-refractivity contribution in [2.24, 2.45) is 5.41 Å². The molecule has 2 aromatic carbocycles. The van der Waals surface area contributed by atoms with Crippen molar-refractivity contribution >= 4 is 17.6 Å². The molecule has 0 radical (unpaired) electrons. The first-order valence-electron chi connectivity index (χ1n) is 11.9. The molecule has 0 bridgehead atoms. The molecule has 0 unspecified atom stereocenters. The summed E-state index contributed by atoms with van der Waals surface area (Å²) >= 11 is 2.01. The van der Waals surface area contributed by atoms with Crippen LogP contribution in [0.5, 0.6) is 0 Å². The number of thioether (sulfide) groups is 1. The molecule has 178 valence electrons. The van der Waals surface area contributed by atoms with Gasteiger partial charge in [0.05, 0.1) is 23.5 Å². The lowest BCUT2D eigenvalue weighted by Gasteiger charge is -2.40. The molecule has 0 saturated carbocycles. The smallest absolute Gasteiger partial charge is 0.271 e. The van der Waals surface area contributed by atoms with Crippen molar-refractivity contribution in [1.29, 1.82) is 0 Å². The highest BCUT2D eigenvalue weighted by molar-refractivity contribution is 7.99. The first-order valence-corrected chi connectivity index (χ1v) is 13.0. The van der Waals surface area contributed by atoms with Gasteiger partial charge in [-0.3, -0.25) is 4.79 Å². The van der Waals surface area contributed by atoms with Crippen molar-refractivity contribution < 1.29 is 4.39 Å². The molecular weight excluding hydrogens is 461 g/mol. The lowest BCUT2D eigenvalue weighted by molar-refractivity contribution is 0.213. The Morgan fingerprint density at radius 2 is 1.77 bits per heavy atom. The quantitative estimate of drug-likeness (QED) is 0.433. The maximum Gasteiger partial charge on any atom is 0.271 e. The molecule has 1 fully saturated rings. The van der Waals surface area contributed by atoms with E-state index in [2.05, 4.69) is 10.00 Å². The molecule has 1 saturated heterocycles. The number of benzene rings is 2. The summed E-state index contributed by atoms with van der Waals surface area (Å²) in [5.74, 6) is 2.94. The molecule has 1 spiro atoms. The fourth-order valence-electron chi connectivity index (χ4n) is 5.11. The second-order valence-corrected chi connectivity index (χ2v) is 10.7. The third kappa shape index (κ3) is 3.95. The minimum atomic E-state index is -0.290. The third-order valence-electron chi connectivity index (χ3n) is 7.14. The Morgan fingerprint density at radius 1 is 1.00 bits per heavy atom. The van der Waals surface area contributed by atoms with E-state index in [0.29, 0.717) is 5.69 Å². The number of anilines is 1. The molecule has 0 aliphatic carbocycles. The predicted octanol–water partition coefficient (Wildman–Crippen LogP) is 5.15. The molecule has 2 aromatic heterocycles. The summed E-state index contributed by atoms with van der Waals surface area (Å²) in [6, 6.07) is 17.4. The Balaban J connectivity index is 1.53. The van der Waals surface area contributed by atoms with Gasteiger partial charge in [0.2, 0.25) is 0 Å². The zero-order valence-corrected chi connectivity index (χ0v) is 20.3. The average molecular weight is 488 g/mol. The van der Waals surface area contributed by atoms with Crippen molar-refractivity contribution in [1.82, 2.24) is 19.6 Å². The Morgan fingerprint density at radius 3 is 2.54 bits per heavy atom. The minimum absolute atomic E-state index is 0.189. The van der Waals surface area contributed by atoms with E-state index in [4.69, 9.17) is 10.2 Å². The van der Waals surface area contributed by atoms with Crippen LogP contribution in [0.2, 0.25) is 0 Å². The zero-order valence-electron chi connectivity index (χ0n) is 19.5. The van der Waals surface area contributed by atoms with E-state index in [9.17, 15) is 9.18 Å². The number of hydrogen-bond donors (Lipinski definition) is 1. The van der Waals surface area contributed by atoms with E-state index in [0.717, 1.165) is 59.8 Å². The SMILES string of the molecule is Cc1ccccc1-n1nc(-c2c(-c3ccc(F)cc3)nn3c2NCC2(CCSCC2)C3)ccc1=O. The number of para-hydroxylation sites is 1. The molecule has 4 heterocycles. The number of rotatable bonds is 3. The number of halogens is 1. The normalized spacial score (nSPS) is 16.6. The van der Waals surface area contributed by atoms with Gasteiger partial charge in [0, 0.05) is 23.6 Å². The summed E-state index contributed by atoms with van der Waals surface area (Å²) in [4.78, 5) is 12.8. The van der Waals surface area contributed by atoms with E-state index < -0.39 is 0 Å². The van der Waals surface area contributed by atoms with Crippen LogP contribution in [0.25, 0.3) is 28.2 Å². The van der Waals surface area contributed by atoms with E-state index in [1.807, 2.05) is 43.0 Å². The minimum Gasteiger partial charge on any atom is -0.369 e. The van der Waals surface area contributed by atoms with Crippen LogP contribution in [0.15, 0.2) is 65.5 Å². The molecule has 6 rings (SSSR count). The van der Waals surface area contributed by atoms with Gasteiger partial charge in [0.1, 0.15) is 17.3 Å². The van der Waals surface area contributed by atoms with Crippen LogP contribution in [0.1, 0.15) is 18.4 Å². The Hall–Kier alpha value is -3.39. The van der Waals surface area contributed by atoms with Crippen LogP contribution >= 0.6 is 11.8 Å². The average Bonchev–Trinajstić information content (AvgIpc) is 3.24. The molecule has 1 N–H and O–H groups in total.